The molecular formula is C17H30Cl2N4O3. The number of halogens is 2. The molecule has 4 N–H and O–H groups in total. The van der Waals surface area contributed by atoms with Gasteiger partial charge in [0, 0.05) is 38.9 Å². The maximum absolute atomic E-state index is 12.0. The van der Waals surface area contributed by atoms with Crippen molar-refractivity contribution in [2.45, 2.75) is 19.1 Å². The normalized spacial score (nSPS) is 11.1. The molecule has 0 bridgehead atoms. The summed E-state index contributed by atoms with van der Waals surface area (Å²) in [7, 11) is 5.45. The number of rotatable bonds is 10. The predicted molar refractivity (Wildman–Crippen MR) is 108 cm³/mol. The zero-order valence-corrected chi connectivity index (χ0v) is 17.1. The van der Waals surface area contributed by atoms with Crippen LogP contribution in [0.4, 0.5) is 0 Å². The predicted octanol–water partition coefficient (Wildman–Crippen LogP) is 0.802. The van der Waals surface area contributed by atoms with Gasteiger partial charge < -0.3 is 26.0 Å². The average molecular weight is 409 g/mol. The molecule has 1 atom stereocenters. The summed E-state index contributed by atoms with van der Waals surface area (Å²) in [5.74, 6) is -0.212. The van der Waals surface area contributed by atoms with Gasteiger partial charge in [0.1, 0.15) is 0 Å². The summed E-state index contributed by atoms with van der Waals surface area (Å²) in [5.41, 5.74) is 7.02. The van der Waals surface area contributed by atoms with Crippen molar-refractivity contribution < 1.29 is 14.3 Å². The van der Waals surface area contributed by atoms with E-state index in [0.29, 0.717) is 25.2 Å². The van der Waals surface area contributed by atoms with E-state index in [4.69, 9.17) is 10.5 Å². The molecule has 1 rings (SSSR count). The first-order chi connectivity index (χ1) is 11.5. The Kier molecular flexibility index (Phi) is 15.2. The fourth-order valence-corrected chi connectivity index (χ4v) is 2.01. The van der Waals surface area contributed by atoms with Crippen molar-refractivity contribution in [1.82, 2.24) is 15.5 Å². The Bertz CT molecular complexity index is 523. The van der Waals surface area contributed by atoms with E-state index >= 15 is 0 Å². The number of carbonyl (C=O) groups excluding carboxylic acids is 2. The molecule has 0 spiro atoms. The van der Waals surface area contributed by atoms with Crippen molar-refractivity contribution in [3.05, 3.63) is 35.4 Å². The first-order valence-corrected chi connectivity index (χ1v) is 7.97. The molecule has 0 heterocycles. The Hall–Kier alpha value is -1.38. The number of hydrogen-bond donors (Lipinski definition) is 3. The molecule has 0 aliphatic heterocycles. The minimum absolute atomic E-state index is 0. The minimum atomic E-state index is -0.266. The number of nitrogens with two attached hydrogens (primary N) is 1. The quantitative estimate of drug-likeness (QED) is 0.531. The van der Waals surface area contributed by atoms with Crippen molar-refractivity contribution >= 4 is 36.6 Å². The summed E-state index contributed by atoms with van der Waals surface area (Å²) < 4.78 is 5.08. The van der Waals surface area contributed by atoms with Gasteiger partial charge in [-0.1, -0.05) is 12.1 Å². The van der Waals surface area contributed by atoms with Crippen LogP contribution in [-0.2, 0) is 16.1 Å². The number of amides is 2. The molecule has 7 nitrogen and oxygen atoms in total. The van der Waals surface area contributed by atoms with Gasteiger partial charge in [0.2, 0.25) is 5.91 Å². The Labute approximate surface area is 167 Å². The van der Waals surface area contributed by atoms with Crippen LogP contribution in [-0.4, -0.2) is 63.7 Å². The third-order valence-electron chi connectivity index (χ3n) is 3.56. The van der Waals surface area contributed by atoms with Gasteiger partial charge in [-0.25, -0.2) is 0 Å². The summed E-state index contributed by atoms with van der Waals surface area (Å²) in [6, 6.07) is 7.17. The second-order valence-corrected chi connectivity index (χ2v) is 5.83. The molecule has 1 aromatic rings. The van der Waals surface area contributed by atoms with Gasteiger partial charge in [-0.15, -0.1) is 24.8 Å². The van der Waals surface area contributed by atoms with Crippen molar-refractivity contribution in [1.29, 1.82) is 0 Å². The van der Waals surface area contributed by atoms with Crippen LogP contribution in [0.25, 0.3) is 0 Å². The van der Waals surface area contributed by atoms with E-state index in [1.807, 2.05) is 31.1 Å². The van der Waals surface area contributed by atoms with Crippen LogP contribution in [0, 0.1) is 0 Å². The SMILES string of the molecule is COC(CN)CC(=O)NCc1ccc(C(=O)NCCN(C)C)cc1.Cl.Cl. The molecule has 2 amide bonds. The van der Waals surface area contributed by atoms with Crippen molar-refractivity contribution in [2.75, 3.05) is 40.8 Å². The second kappa shape index (κ2) is 14.8. The van der Waals surface area contributed by atoms with Gasteiger partial charge in [-0.3, -0.25) is 9.59 Å². The highest BCUT2D eigenvalue weighted by molar-refractivity contribution is 5.94. The van der Waals surface area contributed by atoms with E-state index < -0.39 is 0 Å². The first-order valence-electron chi connectivity index (χ1n) is 7.97. The number of likely N-dealkylation sites (N-methyl/N-ethyl adjacent to an activating group) is 1. The third-order valence-corrected chi connectivity index (χ3v) is 3.56. The van der Waals surface area contributed by atoms with Crippen LogP contribution >= 0.6 is 24.8 Å². The number of methoxy groups -OCH3 is 1. The maximum atomic E-state index is 12.0. The molecule has 26 heavy (non-hydrogen) atoms. The molecule has 0 fully saturated rings. The second-order valence-electron chi connectivity index (χ2n) is 5.83. The zero-order chi connectivity index (χ0) is 17.9. The fourth-order valence-electron chi connectivity index (χ4n) is 2.01. The van der Waals surface area contributed by atoms with Gasteiger partial charge >= 0.3 is 0 Å². The van der Waals surface area contributed by atoms with Crippen molar-refractivity contribution in [3.8, 4) is 0 Å². The third kappa shape index (κ3) is 10.6. The van der Waals surface area contributed by atoms with Gasteiger partial charge in [-0.05, 0) is 31.8 Å². The summed E-state index contributed by atoms with van der Waals surface area (Å²) >= 11 is 0. The minimum Gasteiger partial charge on any atom is -0.380 e. The topological polar surface area (TPSA) is 96.7 Å². The molecule has 9 heteroatoms. The highest BCUT2D eigenvalue weighted by Gasteiger charge is 2.11. The van der Waals surface area contributed by atoms with Crippen LogP contribution in [0.15, 0.2) is 24.3 Å². The van der Waals surface area contributed by atoms with E-state index in [1.165, 1.54) is 7.11 Å². The highest BCUT2D eigenvalue weighted by Crippen LogP contribution is 2.05. The molecule has 0 saturated carbocycles. The van der Waals surface area contributed by atoms with Gasteiger partial charge in [0.05, 0.1) is 12.5 Å². The molecule has 0 aliphatic rings. The lowest BCUT2D eigenvalue weighted by Crippen LogP contribution is -2.32. The molecule has 1 unspecified atom stereocenters. The van der Waals surface area contributed by atoms with Gasteiger partial charge in [0.25, 0.3) is 5.91 Å². The number of hydrogen-bond acceptors (Lipinski definition) is 5. The number of nitrogens with one attached hydrogen (secondary N) is 2. The highest BCUT2D eigenvalue weighted by atomic mass is 35.5. The number of benzene rings is 1. The molecule has 0 saturated heterocycles. The smallest absolute Gasteiger partial charge is 0.251 e. The number of ether oxygens (including phenoxy) is 1. The van der Waals surface area contributed by atoms with E-state index in [1.54, 1.807) is 12.1 Å². The summed E-state index contributed by atoms with van der Waals surface area (Å²) in [4.78, 5) is 25.7. The summed E-state index contributed by atoms with van der Waals surface area (Å²) in [6.45, 7) is 2.11. The number of carbonyl (C=O) groups is 2. The first kappa shape index (κ1) is 26.8. The van der Waals surface area contributed by atoms with E-state index in [9.17, 15) is 9.59 Å². The van der Waals surface area contributed by atoms with Crippen LogP contribution < -0.4 is 16.4 Å². The van der Waals surface area contributed by atoms with E-state index in [-0.39, 0.29) is 49.2 Å². The Balaban J connectivity index is 0. The average Bonchev–Trinajstić information content (AvgIpc) is 2.57. The Morgan fingerprint density at radius 1 is 1.15 bits per heavy atom. The zero-order valence-electron chi connectivity index (χ0n) is 15.5. The largest absolute Gasteiger partial charge is 0.380 e. The Morgan fingerprint density at radius 3 is 2.27 bits per heavy atom. The van der Waals surface area contributed by atoms with Crippen molar-refractivity contribution in [3.63, 3.8) is 0 Å². The standard InChI is InChI=1S/C17H28N4O3.2ClH/c1-21(2)9-8-19-17(23)14-6-4-13(5-7-14)12-20-16(22)10-15(11-18)24-3;;/h4-7,15H,8-12,18H2,1-3H3,(H,19,23)(H,20,22);2*1H. The van der Waals surface area contributed by atoms with Crippen LogP contribution in [0.1, 0.15) is 22.3 Å². The monoisotopic (exact) mass is 408 g/mol. The van der Waals surface area contributed by atoms with Crippen molar-refractivity contribution in [2.24, 2.45) is 5.73 Å². The lowest BCUT2D eigenvalue weighted by Gasteiger charge is -2.13. The van der Waals surface area contributed by atoms with E-state index in [0.717, 1.165) is 12.1 Å². The summed E-state index contributed by atoms with van der Waals surface area (Å²) in [6.07, 6.45) is -0.0300. The maximum Gasteiger partial charge on any atom is 0.251 e. The van der Waals surface area contributed by atoms with Crippen LogP contribution in [0.3, 0.4) is 0 Å². The fraction of sp³-hybridized carbons (Fsp3) is 0.529. The molecule has 0 radical (unpaired) electrons. The van der Waals surface area contributed by atoms with Crippen LogP contribution in [0.2, 0.25) is 0 Å². The van der Waals surface area contributed by atoms with Gasteiger partial charge in [-0.2, -0.15) is 0 Å². The molecule has 1 aromatic carbocycles. The van der Waals surface area contributed by atoms with E-state index in [2.05, 4.69) is 10.6 Å². The Morgan fingerprint density at radius 2 is 1.77 bits per heavy atom. The summed E-state index contributed by atoms with van der Waals surface area (Å²) in [5, 5.41) is 5.67. The molecule has 0 aliphatic carbocycles. The molecular weight excluding hydrogens is 379 g/mol. The lowest BCUT2D eigenvalue weighted by atomic mass is 10.1. The lowest BCUT2D eigenvalue weighted by molar-refractivity contribution is -0.123. The molecule has 150 valence electrons. The number of nitrogens with zero attached hydrogens (tertiary/aromatic N) is 1. The van der Waals surface area contributed by atoms with Crippen LogP contribution in [0.5, 0.6) is 0 Å². The molecule has 0 aromatic heterocycles. The van der Waals surface area contributed by atoms with Gasteiger partial charge in [0.15, 0.2) is 0 Å².